The van der Waals surface area contributed by atoms with E-state index in [2.05, 4.69) is 41.3 Å². The quantitative estimate of drug-likeness (QED) is 0.770. The first-order chi connectivity index (χ1) is 9.08. The smallest absolute Gasteiger partial charge is 0.0278 e. The van der Waals surface area contributed by atoms with Gasteiger partial charge in [-0.25, -0.2) is 0 Å². The van der Waals surface area contributed by atoms with Gasteiger partial charge in [0.1, 0.15) is 0 Å². The summed E-state index contributed by atoms with van der Waals surface area (Å²) in [6.45, 7) is 13.0. The second-order valence-electron chi connectivity index (χ2n) is 6.88. The maximum Gasteiger partial charge on any atom is 0.0278 e. The molecular formula is C15H32N4. The number of rotatable bonds is 5. The van der Waals surface area contributed by atoms with Crippen LogP contribution in [0.3, 0.4) is 0 Å². The van der Waals surface area contributed by atoms with E-state index in [9.17, 15) is 0 Å². The number of likely N-dealkylation sites (N-methyl/N-ethyl adjacent to an activating group) is 1. The molecule has 0 aromatic rings. The lowest BCUT2D eigenvalue weighted by atomic mass is 10.0. The normalized spacial score (nSPS) is 27.6. The molecule has 0 aliphatic carbocycles. The number of nitrogens with zero attached hydrogens (tertiary/aromatic N) is 2. The third-order valence-corrected chi connectivity index (χ3v) is 4.72. The fraction of sp³-hybridized carbons (Fsp3) is 1.00. The number of hydrogen-bond donors (Lipinski definition) is 2. The zero-order valence-electron chi connectivity index (χ0n) is 13.0. The highest BCUT2D eigenvalue weighted by molar-refractivity contribution is 4.88. The van der Waals surface area contributed by atoms with E-state index in [0.717, 1.165) is 13.1 Å². The maximum absolute atomic E-state index is 3.69. The number of piperidine rings is 1. The Kier molecular flexibility index (Phi) is 5.63. The van der Waals surface area contributed by atoms with Gasteiger partial charge < -0.3 is 15.5 Å². The van der Waals surface area contributed by atoms with E-state index >= 15 is 0 Å². The Morgan fingerprint density at radius 3 is 2.53 bits per heavy atom. The molecule has 2 N–H and O–H groups in total. The van der Waals surface area contributed by atoms with Gasteiger partial charge in [-0.15, -0.1) is 0 Å². The summed E-state index contributed by atoms with van der Waals surface area (Å²) in [5.74, 6) is 0. The summed E-state index contributed by atoms with van der Waals surface area (Å²) in [5.41, 5.74) is 0.274. The third-order valence-electron chi connectivity index (χ3n) is 4.72. The van der Waals surface area contributed by atoms with Crippen LogP contribution in [0.1, 0.15) is 33.1 Å². The average Bonchev–Trinajstić information content (AvgIpc) is 2.40. The summed E-state index contributed by atoms with van der Waals surface area (Å²) in [4.78, 5) is 5.06. The summed E-state index contributed by atoms with van der Waals surface area (Å²) >= 11 is 0. The monoisotopic (exact) mass is 268 g/mol. The van der Waals surface area contributed by atoms with Crippen LogP contribution < -0.4 is 10.6 Å². The summed E-state index contributed by atoms with van der Waals surface area (Å²) in [6.07, 6.45) is 4.08. The molecule has 0 aromatic heterocycles. The van der Waals surface area contributed by atoms with E-state index in [1.165, 1.54) is 52.0 Å². The molecule has 112 valence electrons. The molecule has 0 bridgehead atoms. The minimum atomic E-state index is 0.274. The highest BCUT2D eigenvalue weighted by Gasteiger charge is 2.28. The molecule has 0 saturated carbocycles. The van der Waals surface area contributed by atoms with Crippen LogP contribution in [-0.4, -0.2) is 74.2 Å². The van der Waals surface area contributed by atoms with E-state index in [-0.39, 0.29) is 5.54 Å². The Hall–Kier alpha value is -0.160. The zero-order chi connectivity index (χ0) is 13.7. The average molecular weight is 268 g/mol. The fourth-order valence-corrected chi connectivity index (χ4v) is 3.17. The standard InChI is InChI=1S/C15H32N4/c1-15(2,19-10-8-18(3)9-11-19)13-16-12-14-6-4-5-7-17-14/h14,16-17H,4-13H2,1-3H3. The van der Waals surface area contributed by atoms with Crippen molar-refractivity contribution in [2.24, 2.45) is 0 Å². The van der Waals surface area contributed by atoms with Gasteiger partial charge in [-0.3, -0.25) is 4.90 Å². The van der Waals surface area contributed by atoms with Crippen molar-refractivity contribution >= 4 is 0 Å². The van der Waals surface area contributed by atoms with E-state index in [0.29, 0.717) is 6.04 Å². The van der Waals surface area contributed by atoms with Crippen LogP contribution in [0.5, 0.6) is 0 Å². The molecule has 0 radical (unpaired) electrons. The van der Waals surface area contributed by atoms with Gasteiger partial charge in [0, 0.05) is 50.8 Å². The molecule has 1 unspecified atom stereocenters. The molecule has 2 fully saturated rings. The van der Waals surface area contributed by atoms with Gasteiger partial charge in [0.15, 0.2) is 0 Å². The lowest BCUT2D eigenvalue weighted by Crippen LogP contribution is -2.58. The number of hydrogen-bond acceptors (Lipinski definition) is 4. The first-order valence-electron chi connectivity index (χ1n) is 7.96. The van der Waals surface area contributed by atoms with Crippen molar-refractivity contribution in [2.75, 3.05) is 52.9 Å². The Labute approximate surface area is 118 Å². The molecule has 0 spiro atoms. The molecule has 2 rings (SSSR count). The Morgan fingerprint density at radius 2 is 1.89 bits per heavy atom. The first kappa shape index (κ1) is 15.2. The zero-order valence-corrected chi connectivity index (χ0v) is 13.0. The SMILES string of the molecule is CN1CCN(C(C)(C)CNCC2CCCCN2)CC1. The first-order valence-corrected chi connectivity index (χ1v) is 7.96. The molecule has 19 heavy (non-hydrogen) atoms. The molecule has 2 aliphatic rings. The van der Waals surface area contributed by atoms with E-state index in [1.54, 1.807) is 0 Å². The van der Waals surface area contributed by atoms with Crippen LogP contribution in [0.4, 0.5) is 0 Å². The minimum Gasteiger partial charge on any atom is -0.313 e. The highest BCUT2D eigenvalue weighted by atomic mass is 15.3. The largest absolute Gasteiger partial charge is 0.313 e. The van der Waals surface area contributed by atoms with E-state index < -0.39 is 0 Å². The summed E-state index contributed by atoms with van der Waals surface area (Å²) in [7, 11) is 2.22. The van der Waals surface area contributed by atoms with Crippen LogP contribution in [-0.2, 0) is 0 Å². The molecule has 4 nitrogen and oxygen atoms in total. The topological polar surface area (TPSA) is 30.5 Å². The van der Waals surface area contributed by atoms with Crippen molar-refractivity contribution in [3.8, 4) is 0 Å². The third kappa shape index (κ3) is 4.71. The molecule has 2 heterocycles. The lowest BCUT2D eigenvalue weighted by Gasteiger charge is -2.43. The number of piperazine rings is 1. The van der Waals surface area contributed by atoms with Crippen LogP contribution >= 0.6 is 0 Å². The predicted octanol–water partition coefficient (Wildman–Crippen LogP) is 0.744. The Balaban J connectivity index is 1.68. The van der Waals surface area contributed by atoms with Gasteiger partial charge in [0.2, 0.25) is 0 Å². The summed E-state index contributed by atoms with van der Waals surface area (Å²) < 4.78 is 0. The molecule has 0 amide bonds. The summed E-state index contributed by atoms with van der Waals surface area (Å²) in [6, 6.07) is 0.692. The van der Waals surface area contributed by atoms with E-state index in [1.807, 2.05) is 0 Å². The Morgan fingerprint density at radius 1 is 1.16 bits per heavy atom. The van der Waals surface area contributed by atoms with Gasteiger partial charge in [-0.05, 0) is 40.3 Å². The predicted molar refractivity (Wildman–Crippen MR) is 81.7 cm³/mol. The molecular weight excluding hydrogens is 236 g/mol. The second-order valence-corrected chi connectivity index (χ2v) is 6.88. The minimum absolute atomic E-state index is 0.274. The molecule has 2 aliphatic heterocycles. The van der Waals surface area contributed by atoms with Crippen molar-refractivity contribution < 1.29 is 0 Å². The summed E-state index contributed by atoms with van der Waals surface area (Å²) in [5, 5.41) is 7.29. The van der Waals surface area contributed by atoms with Gasteiger partial charge in [-0.1, -0.05) is 6.42 Å². The van der Waals surface area contributed by atoms with Gasteiger partial charge in [0.05, 0.1) is 0 Å². The molecule has 2 saturated heterocycles. The van der Waals surface area contributed by atoms with E-state index in [4.69, 9.17) is 0 Å². The van der Waals surface area contributed by atoms with Gasteiger partial charge in [-0.2, -0.15) is 0 Å². The number of nitrogens with one attached hydrogen (secondary N) is 2. The van der Waals surface area contributed by atoms with Crippen molar-refractivity contribution in [1.82, 2.24) is 20.4 Å². The maximum atomic E-state index is 3.69. The van der Waals surface area contributed by atoms with Crippen LogP contribution in [0.2, 0.25) is 0 Å². The van der Waals surface area contributed by atoms with Gasteiger partial charge >= 0.3 is 0 Å². The Bertz CT molecular complexity index is 253. The van der Waals surface area contributed by atoms with Crippen LogP contribution in [0.15, 0.2) is 0 Å². The van der Waals surface area contributed by atoms with Crippen molar-refractivity contribution in [3.63, 3.8) is 0 Å². The highest BCUT2D eigenvalue weighted by Crippen LogP contribution is 2.16. The molecule has 0 aromatic carbocycles. The van der Waals surface area contributed by atoms with Crippen LogP contribution in [0.25, 0.3) is 0 Å². The lowest BCUT2D eigenvalue weighted by molar-refractivity contribution is 0.0615. The van der Waals surface area contributed by atoms with Crippen molar-refractivity contribution in [3.05, 3.63) is 0 Å². The van der Waals surface area contributed by atoms with Crippen molar-refractivity contribution in [2.45, 2.75) is 44.7 Å². The van der Waals surface area contributed by atoms with Gasteiger partial charge in [0.25, 0.3) is 0 Å². The molecule has 1 atom stereocenters. The molecule has 4 heteroatoms. The van der Waals surface area contributed by atoms with Crippen LogP contribution in [0, 0.1) is 0 Å². The van der Waals surface area contributed by atoms with Crippen molar-refractivity contribution in [1.29, 1.82) is 0 Å². The second kappa shape index (κ2) is 7.02. The fourth-order valence-electron chi connectivity index (χ4n) is 3.17.